The number of aromatic hydroxyl groups is 1. The second-order valence-corrected chi connectivity index (χ2v) is 7.74. The van der Waals surface area contributed by atoms with Crippen LogP contribution in [0.25, 0.3) is 16.8 Å². The molecule has 1 heterocycles. The van der Waals surface area contributed by atoms with Gasteiger partial charge in [0.1, 0.15) is 5.75 Å². The molecule has 0 aromatic heterocycles. The third kappa shape index (κ3) is 5.20. The Hall–Kier alpha value is -2.30. The van der Waals surface area contributed by atoms with Gasteiger partial charge in [-0.3, -0.25) is 0 Å². The van der Waals surface area contributed by atoms with E-state index in [4.69, 9.17) is 4.65 Å². The normalized spacial score (nSPS) is 17.5. The molecule has 152 valence electrons. The summed E-state index contributed by atoms with van der Waals surface area (Å²) in [6.07, 6.45) is 9.45. The summed E-state index contributed by atoms with van der Waals surface area (Å²) in [5.74, 6) is 0.312. The zero-order valence-corrected chi connectivity index (χ0v) is 17.5. The summed E-state index contributed by atoms with van der Waals surface area (Å²) in [5, 5.41) is 22.1. The van der Waals surface area contributed by atoms with Gasteiger partial charge in [0.2, 0.25) is 0 Å². The van der Waals surface area contributed by atoms with Crippen LogP contribution in [-0.2, 0) is 4.65 Å². The van der Waals surface area contributed by atoms with E-state index < -0.39 is 7.12 Å². The zero-order chi connectivity index (χ0) is 20.8. The first-order valence-electron chi connectivity index (χ1n) is 10.6. The topological polar surface area (TPSA) is 49.7 Å². The smallest absolute Gasteiger partial charge is 0.458 e. The van der Waals surface area contributed by atoms with E-state index in [1.54, 1.807) is 6.07 Å². The Kier molecular flexibility index (Phi) is 7.35. The highest BCUT2D eigenvalue weighted by atomic mass is 16.5. The number of rotatable bonds is 8. The van der Waals surface area contributed by atoms with Gasteiger partial charge in [0.05, 0.1) is 6.10 Å². The average Bonchev–Trinajstić information content (AvgIpc) is 2.74. The van der Waals surface area contributed by atoms with E-state index in [2.05, 4.69) is 38.6 Å². The molecule has 0 radical (unpaired) electrons. The van der Waals surface area contributed by atoms with E-state index in [1.807, 2.05) is 24.3 Å². The molecule has 1 aliphatic heterocycles. The third-order valence-corrected chi connectivity index (χ3v) is 5.64. The standard InChI is InChI=1S/C25H31BO3/c1-4-8-19(11-14-25-21(18(3)5-2)15-16-26(28)29-25)17-20-12-13-24(27)23-10-7-6-9-22(20)23/h6-7,9-10,12-13,15,17,25,27-28H,3-5,8,11,14,16H2,1-2H3/b19-17+. The van der Waals surface area contributed by atoms with Crippen LogP contribution in [-0.4, -0.2) is 23.4 Å². The minimum absolute atomic E-state index is 0.108. The van der Waals surface area contributed by atoms with Crippen LogP contribution < -0.4 is 0 Å². The number of phenolic OH excluding ortho intramolecular Hbond substituents is 1. The quantitative estimate of drug-likeness (QED) is 0.522. The summed E-state index contributed by atoms with van der Waals surface area (Å²) in [6.45, 7) is 8.47. The molecule has 2 aromatic carbocycles. The Morgan fingerprint density at radius 2 is 1.93 bits per heavy atom. The van der Waals surface area contributed by atoms with Gasteiger partial charge < -0.3 is 14.8 Å². The van der Waals surface area contributed by atoms with Gasteiger partial charge in [-0.1, -0.05) is 80.5 Å². The molecular weight excluding hydrogens is 359 g/mol. The Morgan fingerprint density at radius 3 is 2.66 bits per heavy atom. The summed E-state index contributed by atoms with van der Waals surface area (Å²) >= 11 is 0. The second kappa shape index (κ2) is 9.95. The average molecular weight is 390 g/mol. The minimum Gasteiger partial charge on any atom is -0.507 e. The highest BCUT2D eigenvalue weighted by Gasteiger charge is 2.27. The molecule has 0 spiro atoms. The lowest BCUT2D eigenvalue weighted by molar-refractivity contribution is 0.182. The fourth-order valence-corrected chi connectivity index (χ4v) is 4.04. The summed E-state index contributed by atoms with van der Waals surface area (Å²) in [5.41, 5.74) is 4.71. The van der Waals surface area contributed by atoms with Gasteiger partial charge in [-0.25, -0.2) is 0 Å². The lowest BCUT2D eigenvalue weighted by Gasteiger charge is -2.28. The van der Waals surface area contributed by atoms with Gasteiger partial charge in [0, 0.05) is 11.7 Å². The number of allylic oxidation sites excluding steroid dienone is 2. The molecule has 3 rings (SSSR count). The highest BCUT2D eigenvalue weighted by molar-refractivity contribution is 6.43. The van der Waals surface area contributed by atoms with Crippen LogP contribution >= 0.6 is 0 Å². The molecule has 0 fully saturated rings. The van der Waals surface area contributed by atoms with E-state index in [1.165, 1.54) is 5.57 Å². The first kappa shape index (κ1) is 21.4. The van der Waals surface area contributed by atoms with Crippen LogP contribution in [0.4, 0.5) is 0 Å². The van der Waals surface area contributed by atoms with Crippen molar-refractivity contribution in [3.63, 3.8) is 0 Å². The summed E-state index contributed by atoms with van der Waals surface area (Å²) in [7, 11) is -0.729. The maximum Gasteiger partial charge on any atom is 0.458 e. The van der Waals surface area contributed by atoms with Crippen LogP contribution in [0.2, 0.25) is 6.32 Å². The van der Waals surface area contributed by atoms with E-state index >= 15 is 0 Å². The van der Waals surface area contributed by atoms with Crippen LogP contribution in [0.5, 0.6) is 5.75 Å². The van der Waals surface area contributed by atoms with E-state index in [9.17, 15) is 10.1 Å². The van der Waals surface area contributed by atoms with Crippen molar-refractivity contribution in [3.05, 3.63) is 71.3 Å². The van der Waals surface area contributed by atoms with Gasteiger partial charge in [-0.05, 0) is 48.3 Å². The zero-order valence-electron chi connectivity index (χ0n) is 17.5. The number of fused-ring (bicyclic) bond motifs is 1. The molecule has 1 atom stereocenters. The molecule has 0 aliphatic carbocycles. The van der Waals surface area contributed by atoms with Crippen LogP contribution in [0.15, 0.2) is 65.8 Å². The van der Waals surface area contributed by atoms with Gasteiger partial charge >= 0.3 is 7.12 Å². The first-order valence-corrected chi connectivity index (χ1v) is 10.6. The van der Waals surface area contributed by atoms with E-state index in [0.29, 0.717) is 12.1 Å². The molecule has 4 heteroatoms. The van der Waals surface area contributed by atoms with Crippen molar-refractivity contribution in [2.75, 3.05) is 0 Å². The maximum atomic E-state index is 10.2. The number of hydrogen-bond acceptors (Lipinski definition) is 3. The van der Waals surface area contributed by atoms with Crippen molar-refractivity contribution >= 4 is 24.0 Å². The Balaban J connectivity index is 1.84. The van der Waals surface area contributed by atoms with Gasteiger partial charge in [-0.2, -0.15) is 0 Å². The lowest BCUT2D eigenvalue weighted by atomic mass is 9.77. The number of benzene rings is 2. The fourth-order valence-electron chi connectivity index (χ4n) is 4.04. The molecular formula is C25H31BO3. The maximum absolute atomic E-state index is 10.2. The lowest BCUT2D eigenvalue weighted by Crippen LogP contribution is -2.31. The molecule has 0 saturated heterocycles. The summed E-state index contributed by atoms with van der Waals surface area (Å²) in [6, 6.07) is 11.7. The molecule has 2 N–H and O–H groups in total. The molecule has 0 amide bonds. The molecule has 1 aliphatic rings. The number of phenols is 1. The van der Waals surface area contributed by atoms with Crippen molar-refractivity contribution in [2.24, 2.45) is 0 Å². The highest BCUT2D eigenvalue weighted by Crippen LogP contribution is 2.32. The molecule has 29 heavy (non-hydrogen) atoms. The SMILES string of the molecule is C=C(CC)C1=CCB(O)OC1CC/C(=C/c1ccc(O)c2ccccc12)CCC. The van der Waals surface area contributed by atoms with Crippen molar-refractivity contribution in [1.82, 2.24) is 0 Å². The molecule has 0 saturated carbocycles. The van der Waals surface area contributed by atoms with Crippen molar-refractivity contribution in [1.29, 1.82) is 0 Å². The largest absolute Gasteiger partial charge is 0.507 e. The Labute approximate surface area is 174 Å². The minimum atomic E-state index is -0.729. The molecule has 2 aromatic rings. The van der Waals surface area contributed by atoms with E-state index in [0.717, 1.165) is 59.6 Å². The van der Waals surface area contributed by atoms with E-state index in [-0.39, 0.29) is 6.10 Å². The van der Waals surface area contributed by atoms with Crippen molar-refractivity contribution in [3.8, 4) is 5.75 Å². The molecule has 1 unspecified atom stereocenters. The molecule has 0 bridgehead atoms. The summed E-state index contributed by atoms with van der Waals surface area (Å²) in [4.78, 5) is 0. The number of hydrogen-bond donors (Lipinski definition) is 2. The van der Waals surface area contributed by atoms with Crippen LogP contribution in [0, 0.1) is 0 Å². The van der Waals surface area contributed by atoms with Crippen LogP contribution in [0.3, 0.4) is 0 Å². The Bertz CT molecular complexity index is 929. The first-order chi connectivity index (χ1) is 14.0. The predicted molar refractivity (Wildman–Crippen MR) is 123 cm³/mol. The van der Waals surface area contributed by atoms with Crippen LogP contribution in [0.1, 0.15) is 51.5 Å². The van der Waals surface area contributed by atoms with Gasteiger partial charge in [0.15, 0.2) is 0 Å². The van der Waals surface area contributed by atoms with Gasteiger partial charge in [-0.15, -0.1) is 0 Å². The summed E-state index contributed by atoms with van der Waals surface area (Å²) < 4.78 is 5.85. The third-order valence-electron chi connectivity index (χ3n) is 5.64. The fraction of sp³-hybridized carbons (Fsp3) is 0.360. The molecule has 3 nitrogen and oxygen atoms in total. The second-order valence-electron chi connectivity index (χ2n) is 7.74. The van der Waals surface area contributed by atoms with Crippen molar-refractivity contribution in [2.45, 2.75) is 58.4 Å². The Morgan fingerprint density at radius 1 is 1.17 bits per heavy atom. The van der Waals surface area contributed by atoms with Gasteiger partial charge in [0.25, 0.3) is 0 Å². The predicted octanol–water partition coefficient (Wildman–Crippen LogP) is 6.28. The monoisotopic (exact) mass is 390 g/mol. The van der Waals surface area contributed by atoms with Crippen molar-refractivity contribution < 1.29 is 14.8 Å².